The summed E-state index contributed by atoms with van der Waals surface area (Å²) in [4.78, 5) is 4.47. The van der Waals surface area contributed by atoms with Gasteiger partial charge in [0.1, 0.15) is 0 Å². The van der Waals surface area contributed by atoms with Gasteiger partial charge >= 0.3 is 0 Å². The molecule has 0 saturated carbocycles. The SMILES string of the molecule is Cc1cc(C)cc(C(C)NCc2csc(C)n2)c1. The van der Waals surface area contributed by atoms with Gasteiger partial charge < -0.3 is 5.32 Å². The average Bonchev–Trinajstić information content (AvgIpc) is 2.70. The molecule has 1 unspecified atom stereocenters. The van der Waals surface area contributed by atoms with E-state index < -0.39 is 0 Å². The van der Waals surface area contributed by atoms with Crippen LogP contribution in [0.3, 0.4) is 0 Å². The molecule has 96 valence electrons. The zero-order valence-electron chi connectivity index (χ0n) is 11.4. The Morgan fingerprint density at radius 2 is 1.83 bits per heavy atom. The van der Waals surface area contributed by atoms with Crippen molar-refractivity contribution in [1.82, 2.24) is 10.3 Å². The summed E-state index contributed by atoms with van der Waals surface area (Å²) in [5, 5.41) is 6.78. The fraction of sp³-hybridized carbons (Fsp3) is 0.400. The van der Waals surface area contributed by atoms with Crippen LogP contribution in [0.4, 0.5) is 0 Å². The topological polar surface area (TPSA) is 24.9 Å². The lowest BCUT2D eigenvalue weighted by atomic mass is 10.0. The van der Waals surface area contributed by atoms with Gasteiger partial charge in [-0.05, 0) is 33.3 Å². The van der Waals surface area contributed by atoms with Crippen LogP contribution >= 0.6 is 11.3 Å². The van der Waals surface area contributed by atoms with E-state index >= 15 is 0 Å². The van der Waals surface area contributed by atoms with E-state index in [0.29, 0.717) is 6.04 Å². The van der Waals surface area contributed by atoms with Crippen LogP contribution in [0.1, 0.15) is 40.4 Å². The molecule has 1 atom stereocenters. The predicted molar refractivity (Wildman–Crippen MR) is 78.0 cm³/mol. The molecule has 2 aromatic rings. The Morgan fingerprint density at radius 3 is 2.39 bits per heavy atom. The summed E-state index contributed by atoms with van der Waals surface area (Å²) in [6.07, 6.45) is 0. The monoisotopic (exact) mass is 260 g/mol. The maximum atomic E-state index is 4.47. The second kappa shape index (κ2) is 5.63. The van der Waals surface area contributed by atoms with E-state index in [4.69, 9.17) is 0 Å². The van der Waals surface area contributed by atoms with Crippen molar-refractivity contribution in [3.63, 3.8) is 0 Å². The molecular formula is C15H20N2S. The quantitative estimate of drug-likeness (QED) is 0.901. The molecule has 3 heteroatoms. The van der Waals surface area contributed by atoms with Gasteiger partial charge in [-0.1, -0.05) is 29.3 Å². The molecule has 0 spiro atoms. The van der Waals surface area contributed by atoms with Gasteiger partial charge in [0.2, 0.25) is 0 Å². The molecule has 1 aromatic carbocycles. The molecule has 2 nitrogen and oxygen atoms in total. The van der Waals surface area contributed by atoms with Gasteiger partial charge in [-0.3, -0.25) is 0 Å². The number of nitrogens with one attached hydrogen (secondary N) is 1. The third-order valence-electron chi connectivity index (χ3n) is 3.00. The Balaban J connectivity index is 2.01. The first-order chi connectivity index (χ1) is 8.54. The lowest BCUT2D eigenvalue weighted by molar-refractivity contribution is 0.568. The molecule has 1 aromatic heterocycles. The van der Waals surface area contributed by atoms with E-state index in [2.05, 4.69) is 54.7 Å². The second-order valence-electron chi connectivity index (χ2n) is 4.88. The number of hydrogen-bond donors (Lipinski definition) is 1. The molecule has 2 rings (SSSR count). The Labute approximate surface area is 113 Å². The Hall–Kier alpha value is -1.19. The molecule has 18 heavy (non-hydrogen) atoms. The van der Waals surface area contributed by atoms with Crippen LogP contribution in [0.5, 0.6) is 0 Å². The summed E-state index contributed by atoms with van der Waals surface area (Å²) in [6, 6.07) is 7.05. The Bertz CT molecular complexity index is 511. The summed E-state index contributed by atoms with van der Waals surface area (Å²) in [7, 11) is 0. The summed E-state index contributed by atoms with van der Waals surface area (Å²) in [5.41, 5.74) is 5.12. The standard InChI is InChI=1S/C15H20N2S/c1-10-5-11(2)7-14(6-10)12(3)16-8-15-9-18-13(4)17-15/h5-7,9,12,16H,8H2,1-4H3. The first-order valence-corrected chi connectivity index (χ1v) is 7.15. The summed E-state index contributed by atoms with van der Waals surface area (Å²) in [5.74, 6) is 0. The maximum absolute atomic E-state index is 4.47. The van der Waals surface area contributed by atoms with Crippen LogP contribution in [0, 0.1) is 20.8 Å². The first kappa shape index (κ1) is 13.2. The zero-order chi connectivity index (χ0) is 13.1. The minimum absolute atomic E-state index is 0.352. The van der Waals surface area contributed by atoms with Crippen LogP contribution in [-0.4, -0.2) is 4.98 Å². The number of rotatable bonds is 4. The van der Waals surface area contributed by atoms with Gasteiger partial charge in [-0.15, -0.1) is 11.3 Å². The van der Waals surface area contributed by atoms with Crippen molar-refractivity contribution < 1.29 is 0 Å². The normalized spacial score (nSPS) is 12.7. The molecule has 0 aliphatic heterocycles. The first-order valence-electron chi connectivity index (χ1n) is 6.27. The molecule has 1 heterocycles. The highest BCUT2D eigenvalue weighted by molar-refractivity contribution is 7.09. The highest BCUT2D eigenvalue weighted by atomic mass is 32.1. The van der Waals surface area contributed by atoms with E-state index in [0.717, 1.165) is 17.2 Å². The van der Waals surface area contributed by atoms with Crippen LogP contribution in [0.2, 0.25) is 0 Å². The van der Waals surface area contributed by atoms with Crippen molar-refractivity contribution in [2.24, 2.45) is 0 Å². The average molecular weight is 260 g/mol. The van der Waals surface area contributed by atoms with Crippen LogP contribution < -0.4 is 5.32 Å². The fourth-order valence-corrected chi connectivity index (χ4v) is 2.74. The van der Waals surface area contributed by atoms with E-state index in [1.807, 2.05) is 6.92 Å². The van der Waals surface area contributed by atoms with Gasteiger partial charge in [0.05, 0.1) is 10.7 Å². The number of benzene rings is 1. The zero-order valence-corrected chi connectivity index (χ0v) is 12.3. The van der Waals surface area contributed by atoms with Crippen molar-refractivity contribution in [1.29, 1.82) is 0 Å². The van der Waals surface area contributed by atoms with E-state index in [1.54, 1.807) is 11.3 Å². The lowest BCUT2D eigenvalue weighted by Crippen LogP contribution is -2.18. The molecule has 0 saturated heterocycles. The summed E-state index contributed by atoms with van der Waals surface area (Å²) < 4.78 is 0. The van der Waals surface area contributed by atoms with Crippen molar-refractivity contribution in [2.75, 3.05) is 0 Å². The van der Waals surface area contributed by atoms with E-state index in [1.165, 1.54) is 16.7 Å². The smallest absolute Gasteiger partial charge is 0.0897 e. The number of nitrogens with zero attached hydrogens (tertiary/aromatic N) is 1. The highest BCUT2D eigenvalue weighted by Crippen LogP contribution is 2.17. The third-order valence-corrected chi connectivity index (χ3v) is 3.82. The number of hydrogen-bond acceptors (Lipinski definition) is 3. The Kier molecular flexibility index (Phi) is 4.15. The number of aromatic nitrogens is 1. The molecule has 0 fully saturated rings. The summed E-state index contributed by atoms with van der Waals surface area (Å²) in [6.45, 7) is 9.37. The minimum atomic E-state index is 0.352. The van der Waals surface area contributed by atoms with Crippen molar-refractivity contribution in [3.8, 4) is 0 Å². The molecule has 1 N–H and O–H groups in total. The van der Waals surface area contributed by atoms with Crippen molar-refractivity contribution in [3.05, 3.63) is 51.0 Å². The van der Waals surface area contributed by atoms with E-state index in [-0.39, 0.29) is 0 Å². The Morgan fingerprint density at radius 1 is 1.17 bits per heavy atom. The molecule has 0 radical (unpaired) electrons. The van der Waals surface area contributed by atoms with Crippen molar-refractivity contribution in [2.45, 2.75) is 40.3 Å². The van der Waals surface area contributed by atoms with Gasteiger partial charge in [-0.2, -0.15) is 0 Å². The van der Waals surface area contributed by atoms with E-state index in [9.17, 15) is 0 Å². The van der Waals surface area contributed by atoms with Gasteiger partial charge in [-0.25, -0.2) is 4.98 Å². The largest absolute Gasteiger partial charge is 0.305 e. The fourth-order valence-electron chi connectivity index (χ4n) is 2.12. The van der Waals surface area contributed by atoms with Gasteiger partial charge in [0.25, 0.3) is 0 Å². The molecule has 0 aliphatic carbocycles. The van der Waals surface area contributed by atoms with Crippen LogP contribution in [-0.2, 0) is 6.54 Å². The third kappa shape index (κ3) is 3.40. The molecule has 0 amide bonds. The maximum Gasteiger partial charge on any atom is 0.0897 e. The molecular weight excluding hydrogens is 240 g/mol. The molecule has 0 bridgehead atoms. The highest BCUT2D eigenvalue weighted by Gasteiger charge is 2.07. The van der Waals surface area contributed by atoms with Crippen LogP contribution in [0.15, 0.2) is 23.6 Å². The number of aryl methyl sites for hydroxylation is 3. The minimum Gasteiger partial charge on any atom is -0.305 e. The lowest BCUT2D eigenvalue weighted by Gasteiger charge is -2.15. The van der Waals surface area contributed by atoms with Gasteiger partial charge in [0.15, 0.2) is 0 Å². The van der Waals surface area contributed by atoms with Crippen molar-refractivity contribution >= 4 is 11.3 Å². The van der Waals surface area contributed by atoms with Gasteiger partial charge in [0, 0.05) is 18.0 Å². The van der Waals surface area contributed by atoms with Crippen LogP contribution in [0.25, 0.3) is 0 Å². The second-order valence-corrected chi connectivity index (χ2v) is 5.94. The predicted octanol–water partition coefficient (Wildman–Crippen LogP) is 3.92. The molecule has 0 aliphatic rings. The summed E-state index contributed by atoms with van der Waals surface area (Å²) >= 11 is 1.71. The number of thiazole rings is 1.